The standard InChI is InChI=1S/C11H23N3O3/c1-4-14(5-2)10(15)6-7-13-11(16)9(12)8-17-3/h9H,4-8,12H2,1-3H3,(H,13,16). The first-order valence-corrected chi connectivity index (χ1v) is 5.86. The molecule has 0 aromatic heterocycles. The van der Waals surface area contributed by atoms with Crippen LogP contribution in [0.4, 0.5) is 0 Å². The second-order valence-electron chi connectivity index (χ2n) is 3.67. The number of hydrogen-bond donors (Lipinski definition) is 2. The lowest BCUT2D eigenvalue weighted by Crippen LogP contribution is -2.44. The van der Waals surface area contributed by atoms with E-state index in [1.807, 2.05) is 13.8 Å². The summed E-state index contributed by atoms with van der Waals surface area (Å²) in [5, 5.41) is 2.61. The van der Waals surface area contributed by atoms with E-state index in [0.29, 0.717) is 26.1 Å². The Hall–Kier alpha value is -1.14. The van der Waals surface area contributed by atoms with Gasteiger partial charge < -0.3 is 20.7 Å². The lowest BCUT2D eigenvalue weighted by molar-refractivity contribution is -0.130. The average Bonchev–Trinajstić information content (AvgIpc) is 2.30. The summed E-state index contributed by atoms with van der Waals surface area (Å²) < 4.78 is 4.76. The lowest BCUT2D eigenvalue weighted by Gasteiger charge is -2.18. The number of nitrogens with two attached hydrogens (primary N) is 1. The van der Waals surface area contributed by atoms with Crippen LogP contribution in [0.3, 0.4) is 0 Å². The predicted octanol–water partition coefficient (Wildman–Crippen LogP) is -0.665. The van der Waals surface area contributed by atoms with Crippen LogP contribution in [0.15, 0.2) is 0 Å². The number of rotatable bonds is 8. The molecule has 6 heteroatoms. The first-order chi connectivity index (χ1) is 8.06. The van der Waals surface area contributed by atoms with Crippen molar-refractivity contribution < 1.29 is 14.3 Å². The third-order valence-corrected chi connectivity index (χ3v) is 2.44. The second kappa shape index (κ2) is 8.95. The van der Waals surface area contributed by atoms with E-state index in [9.17, 15) is 9.59 Å². The van der Waals surface area contributed by atoms with E-state index >= 15 is 0 Å². The highest BCUT2D eigenvalue weighted by Crippen LogP contribution is 1.92. The van der Waals surface area contributed by atoms with Crippen molar-refractivity contribution in [2.75, 3.05) is 33.4 Å². The minimum absolute atomic E-state index is 0.0376. The number of nitrogens with zero attached hydrogens (tertiary/aromatic N) is 1. The van der Waals surface area contributed by atoms with Gasteiger partial charge in [-0.05, 0) is 13.8 Å². The smallest absolute Gasteiger partial charge is 0.239 e. The van der Waals surface area contributed by atoms with Gasteiger partial charge in [-0.3, -0.25) is 9.59 Å². The third-order valence-electron chi connectivity index (χ3n) is 2.44. The summed E-state index contributed by atoms with van der Waals surface area (Å²) >= 11 is 0. The van der Waals surface area contributed by atoms with Crippen LogP contribution in [0.1, 0.15) is 20.3 Å². The predicted molar refractivity (Wildman–Crippen MR) is 65.4 cm³/mol. The van der Waals surface area contributed by atoms with E-state index in [1.54, 1.807) is 4.90 Å². The Labute approximate surface area is 102 Å². The van der Waals surface area contributed by atoms with Gasteiger partial charge in [0.2, 0.25) is 11.8 Å². The number of amides is 2. The first-order valence-electron chi connectivity index (χ1n) is 5.86. The summed E-state index contributed by atoms with van der Waals surface area (Å²) in [6.45, 7) is 5.71. The molecule has 0 radical (unpaired) electrons. The van der Waals surface area contributed by atoms with Crippen molar-refractivity contribution in [1.29, 1.82) is 0 Å². The zero-order chi connectivity index (χ0) is 13.3. The number of nitrogens with one attached hydrogen (secondary N) is 1. The average molecular weight is 245 g/mol. The van der Waals surface area contributed by atoms with Gasteiger partial charge in [-0.2, -0.15) is 0 Å². The Balaban J connectivity index is 3.83. The molecule has 0 spiro atoms. The number of carbonyl (C=O) groups excluding carboxylic acids is 2. The highest BCUT2D eigenvalue weighted by molar-refractivity contribution is 5.82. The molecule has 6 nitrogen and oxygen atoms in total. The molecule has 0 fully saturated rings. The van der Waals surface area contributed by atoms with Crippen molar-refractivity contribution >= 4 is 11.8 Å². The third kappa shape index (κ3) is 6.23. The van der Waals surface area contributed by atoms with Crippen LogP contribution in [0.25, 0.3) is 0 Å². The fraction of sp³-hybridized carbons (Fsp3) is 0.818. The SMILES string of the molecule is CCN(CC)C(=O)CCNC(=O)C(N)COC. The number of methoxy groups -OCH3 is 1. The van der Waals surface area contributed by atoms with E-state index in [2.05, 4.69) is 5.32 Å². The van der Waals surface area contributed by atoms with Crippen LogP contribution >= 0.6 is 0 Å². The molecule has 0 aromatic carbocycles. The van der Waals surface area contributed by atoms with Gasteiger partial charge in [0.1, 0.15) is 6.04 Å². The van der Waals surface area contributed by atoms with E-state index in [-0.39, 0.29) is 18.4 Å². The molecule has 0 aliphatic rings. The Morgan fingerprint density at radius 3 is 2.41 bits per heavy atom. The second-order valence-corrected chi connectivity index (χ2v) is 3.67. The molecule has 3 N–H and O–H groups in total. The van der Waals surface area contributed by atoms with Crippen molar-refractivity contribution in [3.8, 4) is 0 Å². The van der Waals surface area contributed by atoms with Gasteiger partial charge in [-0.1, -0.05) is 0 Å². The maximum Gasteiger partial charge on any atom is 0.239 e. The van der Waals surface area contributed by atoms with Crippen molar-refractivity contribution in [2.45, 2.75) is 26.3 Å². The quantitative estimate of drug-likeness (QED) is 0.594. The van der Waals surface area contributed by atoms with Crippen molar-refractivity contribution in [3.05, 3.63) is 0 Å². The summed E-state index contributed by atoms with van der Waals surface area (Å²) in [5.41, 5.74) is 5.52. The van der Waals surface area contributed by atoms with E-state index in [1.165, 1.54) is 7.11 Å². The maximum atomic E-state index is 11.6. The molecule has 1 unspecified atom stereocenters. The van der Waals surface area contributed by atoms with E-state index in [4.69, 9.17) is 10.5 Å². The van der Waals surface area contributed by atoms with E-state index < -0.39 is 6.04 Å². The fourth-order valence-electron chi connectivity index (χ4n) is 1.41. The van der Waals surface area contributed by atoms with Gasteiger partial charge in [0.25, 0.3) is 0 Å². The number of ether oxygens (including phenoxy) is 1. The van der Waals surface area contributed by atoms with Gasteiger partial charge in [0.15, 0.2) is 0 Å². The number of hydrogen-bond acceptors (Lipinski definition) is 4. The van der Waals surface area contributed by atoms with Crippen molar-refractivity contribution in [3.63, 3.8) is 0 Å². The molecule has 0 rings (SSSR count). The maximum absolute atomic E-state index is 11.6. The minimum atomic E-state index is -0.677. The van der Waals surface area contributed by atoms with Gasteiger partial charge in [0.05, 0.1) is 6.61 Å². The van der Waals surface area contributed by atoms with Crippen LogP contribution in [0, 0.1) is 0 Å². The molecule has 17 heavy (non-hydrogen) atoms. The van der Waals surface area contributed by atoms with Gasteiger partial charge in [-0.25, -0.2) is 0 Å². The Bertz CT molecular complexity index is 242. The molecule has 0 saturated carbocycles. The number of carbonyl (C=O) groups is 2. The lowest BCUT2D eigenvalue weighted by atomic mass is 10.3. The summed E-state index contributed by atoms with van der Waals surface area (Å²) in [6.07, 6.45) is 0.299. The molecular formula is C11H23N3O3. The molecule has 2 amide bonds. The Kier molecular flexibility index (Phi) is 8.35. The van der Waals surface area contributed by atoms with Gasteiger partial charge >= 0.3 is 0 Å². The molecule has 0 aliphatic heterocycles. The molecule has 0 saturated heterocycles. The fourth-order valence-corrected chi connectivity index (χ4v) is 1.41. The molecular weight excluding hydrogens is 222 g/mol. The summed E-state index contributed by atoms with van der Waals surface area (Å²) in [7, 11) is 1.48. The minimum Gasteiger partial charge on any atom is -0.383 e. The molecule has 0 heterocycles. The molecule has 1 atom stereocenters. The molecule has 0 bridgehead atoms. The van der Waals surface area contributed by atoms with E-state index in [0.717, 1.165) is 0 Å². The summed E-state index contributed by atoms with van der Waals surface area (Å²) in [6, 6.07) is -0.677. The first kappa shape index (κ1) is 15.9. The van der Waals surface area contributed by atoms with Gasteiger partial charge in [0, 0.05) is 33.2 Å². The highest BCUT2D eigenvalue weighted by atomic mass is 16.5. The molecule has 0 aromatic rings. The van der Waals surface area contributed by atoms with Crippen LogP contribution in [-0.2, 0) is 14.3 Å². The zero-order valence-corrected chi connectivity index (χ0v) is 10.9. The normalized spacial score (nSPS) is 12.0. The largest absolute Gasteiger partial charge is 0.383 e. The van der Waals surface area contributed by atoms with Crippen molar-refractivity contribution in [1.82, 2.24) is 10.2 Å². The molecule has 0 aliphatic carbocycles. The van der Waals surface area contributed by atoms with Crippen LogP contribution < -0.4 is 11.1 Å². The molecule has 100 valence electrons. The summed E-state index contributed by atoms with van der Waals surface area (Å²) in [4.78, 5) is 24.7. The van der Waals surface area contributed by atoms with Crippen LogP contribution in [-0.4, -0.2) is 56.1 Å². The van der Waals surface area contributed by atoms with Crippen LogP contribution in [0.2, 0.25) is 0 Å². The Morgan fingerprint density at radius 1 is 1.35 bits per heavy atom. The summed E-state index contributed by atoms with van der Waals surface area (Å²) in [5.74, 6) is -0.255. The topological polar surface area (TPSA) is 84.7 Å². The van der Waals surface area contributed by atoms with Crippen LogP contribution in [0.5, 0.6) is 0 Å². The highest BCUT2D eigenvalue weighted by Gasteiger charge is 2.14. The zero-order valence-electron chi connectivity index (χ0n) is 10.9. The monoisotopic (exact) mass is 245 g/mol. The van der Waals surface area contributed by atoms with Crippen molar-refractivity contribution in [2.24, 2.45) is 5.73 Å². The Morgan fingerprint density at radius 2 is 1.94 bits per heavy atom. The van der Waals surface area contributed by atoms with Gasteiger partial charge in [-0.15, -0.1) is 0 Å².